The van der Waals surface area contributed by atoms with Crippen LogP contribution in [0.1, 0.15) is 25.3 Å². The molecular formula is C20H22N2O5. The number of rotatable bonds is 2. The number of Topliss-reactive ketones (excluding diaryl/α,β-unsaturated/α-hetero) is 1. The minimum Gasteiger partial charge on any atom is -0.633 e. The van der Waals surface area contributed by atoms with Gasteiger partial charge in [0.25, 0.3) is 0 Å². The highest BCUT2D eigenvalue weighted by Gasteiger charge is 2.68. The highest BCUT2D eigenvalue weighted by molar-refractivity contribution is 5.95. The second-order valence-corrected chi connectivity index (χ2v) is 8.26. The van der Waals surface area contributed by atoms with Crippen molar-refractivity contribution in [1.29, 1.82) is 0 Å². The van der Waals surface area contributed by atoms with Crippen LogP contribution in [0, 0.1) is 17.0 Å². The molecule has 7 heteroatoms. The van der Waals surface area contributed by atoms with Crippen molar-refractivity contribution in [3.05, 3.63) is 40.2 Å². The molecule has 1 aromatic carbocycles. The first-order valence-corrected chi connectivity index (χ1v) is 9.34. The van der Waals surface area contributed by atoms with E-state index in [9.17, 15) is 19.9 Å². The number of ketones is 1. The number of carbonyl (C=O) groups excluding carboxylic acids is 2. The molecule has 1 spiro atoms. The molecular weight excluding hydrogens is 348 g/mol. The zero-order valence-electron chi connectivity index (χ0n) is 15.3. The number of fused-ring (bicyclic) bond motifs is 2. The van der Waals surface area contributed by atoms with Crippen molar-refractivity contribution in [3.8, 4) is 5.75 Å². The predicted octanol–water partition coefficient (Wildman–Crippen LogP) is 1.81. The maximum absolute atomic E-state index is 13.7. The fourth-order valence-electron chi connectivity index (χ4n) is 6.17. The Bertz CT molecular complexity index is 925. The van der Waals surface area contributed by atoms with Crippen LogP contribution < -0.4 is 5.32 Å². The lowest BCUT2D eigenvalue weighted by Gasteiger charge is -2.57. The smallest absolute Gasteiger partial charge is 0.335 e. The van der Waals surface area contributed by atoms with E-state index in [1.165, 1.54) is 14.0 Å². The minimum atomic E-state index is -0.627. The van der Waals surface area contributed by atoms with Gasteiger partial charge in [-0.15, -0.1) is 0 Å². The quantitative estimate of drug-likeness (QED) is 0.357. The van der Waals surface area contributed by atoms with Crippen molar-refractivity contribution in [1.82, 2.24) is 0 Å². The maximum atomic E-state index is 13.7. The van der Waals surface area contributed by atoms with E-state index in [0.717, 1.165) is 5.56 Å². The molecule has 0 saturated carbocycles. The van der Waals surface area contributed by atoms with Crippen molar-refractivity contribution in [2.24, 2.45) is 11.8 Å². The van der Waals surface area contributed by atoms with E-state index in [2.05, 4.69) is 5.32 Å². The summed E-state index contributed by atoms with van der Waals surface area (Å²) in [5, 5.41) is 27.4. The lowest BCUT2D eigenvalue weighted by atomic mass is 9.60. The largest absolute Gasteiger partial charge is 0.633 e. The number of hydrogen-bond acceptors (Lipinski definition) is 6. The molecule has 3 aliphatic heterocycles. The maximum Gasteiger partial charge on any atom is 0.335 e. The molecule has 142 valence electrons. The third kappa shape index (κ3) is 1.83. The summed E-state index contributed by atoms with van der Waals surface area (Å²) in [6.07, 6.45) is 1.07. The number of ether oxygens (including phenoxy) is 1. The number of phenolic OH excluding ortho intramolecular Hbond substituents is 1. The Kier molecular flexibility index (Phi) is 3.18. The third-order valence-corrected chi connectivity index (χ3v) is 7.28. The average molecular weight is 370 g/mol. The molecule has 2 N–H and O–H groups in total. The molecule has 2 bridgehead atoms. The summed E-state index contributed by atoms with van der Waals surface area (Å²) in [5.74, 6) is -1.24. The number of piperidine rings is 1. The fraction of sp³-hybridized carbons (Fsp3) is 0.500. The van der Waals surface area contributed by atoms with Crippen LogP contribution in [-0.4, -0.2) is 47.7 Å². The molecule has 27 heavy (non-hydrogen) atoms. The normalized spacial score (nSPS) is 38.1. The minimum absolute atomic E-state index is 0.0634. The van der Waals surface area contributed by atoms with Gasteiger partial charge in [-0.05, 0) is 18.6 Å². The number of nitrogens with zero attached hydrogens (tertiary/aromatic N) is 1. The molecule has 0 amide bonds. The number of quaternary nitrogens is 1. The van der Waals surface area contributed by atoms with Crippen LogP contribution in [0.15, 0.2) is 29.5 Å². The highest BCUT2D eigenvalue weighted by Crippen LogP contribution is 2.64. The predicted molar refractivity (Wildman–Crippen MR) is 96.5 cm³/mol. The van der Waals surface area contributed by atoms with Crippen LogP contribution in [0.3, 0.4) is 0 Å². The average Bonchev–Trinajstić information content (AvgIpc) is 3.15. The van der Waals surface area contributed by atoms with Crippen molar-refractivity contribution in [2.45, 2.75) is 31.2 Å². The SMILES string of the molecule is COC(=O)C1=C2Nc3c(O)cccc3[C@]23CC[N+]2([O-])C[C@H](C(C)=O)[C@H]1C[C@H]32. The number of hydroxylamine groups is 3. The van der Waals surface area contributed by atoms with Gasteiger partial charge >= 0.3 is 5.97 Å². The molecule has 1 unspecified atom stereocenters. The van der Waals surface area contributed by atoms with E-state index in [1.54, 1.807) is 12.1 Å². The Morgan fingerprint density at radius 1 is 1.41 bits per heavy atom. The molecule has 0 aromatic heterocycles. The molecule has 2 fully saturated rings. The van der Waals surface area contributed by atoms with Gasteiger partial charge in [0, 0.05) is 24.5 Å². The van der Waals surface area contributed by atoms with E-state index in [0.29, 0.717) is 36.3 Å². The lowest BCUT2D eigenvalue weighted by Crippen LogP contribution is -2.63. The second-order valence-electron chi connectivity index (χ2n) is 8.26. The van der Waals surface area contributed by atoms with Crippen molar-refractivity contribution in [3.63, 3.8) is 0 Å². The van der Waals surface area contributed by atoms with Gasteiger partial charge in [-0.2, -0.15) is 0 Å². The Labute approximate surface area is 156 Å². The number of carbonyl (C=O) groups is 2. The van der Waals surface area contributed by atoms with Gasteiger partial charge in [0.1, 0.15) is 17.6 Å². The summed E-state index contributed by atoms with van der Waals surface area (Å²) in [7, 11) is 1.34. The van der Waals surface area contributed by atoms with Crippen LogP contribution >= 0.6 is 0 Å². The van der Waals surface area contributed by atoms with Gasteiger partial charge in [0.15, 0.2) is 0 Å². The number of methoxy groups -OCH3 is 1. The molecule has 0 radical (unpaired) electrons. The molecule has 5 atom stereocenters. The molecule has 2 saturated heterocycles. The van der Waals surface area contributed by atoms with E-state index >= 15 is 0 Å². The number of hydrogen-bond donors (Lipinski definition) is 2. The summed E-state index contributed by atoms with van der Waals surface area (Å²) in [4.78, 5) is 25.1. The molecule has 7 nitrogen and oxygen atoms in total. The number of esters is 1. The zero-order chi connectivity index (χ0) is 19.1. The Hall–Kier alpha value is -2.38. The molecule has 3 heterocycles. The first-order chi connectivity index (χ1) is 12.8. The van der Waals surface area contributed by atoms with Crippen LogP contribution in [0.5, 0.6) is 5.75 Å². The number of nitrogens with one attached hydrogen (secondary N) is 1. The summed E-state index contributed by atoms with van der Waals surface area (Å²) in [6, 6.07) is 5.03. The topological polar surface area (TPSA) is 98.7 Å². The van der Waals surface area contributed by atoms with Crippen molar-refractivity contribution >= 4 is 17.4 Å². The van der Waals surface area contributed by atoms with Crippen molar-refractivity contribution < 1.29 is 24.1 Å². The number of benzene rings is 1. The molecule has 1 aromatic rings. The second kappa shape index (κ2) is 5.11. The van der Waals surface area contributed by atoms with E-state index in [4.69, 9.17) is 4.74 Å². The number of phenols is 1. The first kappa shape index (κ1) is 16.8. The van der Waals surface area contributed by atoms with Gasteiger partial charge in [-0.25, -0.2) is 4.79 Å². The molecule has 1 aliphatic carbocycles. The van der Waals surface area contributed by atoms with Gasteiger partial charge in [-0.3, -0.25) is 4.79 Å². The summed E-state index contributed by atoms with van der Waals surface area (Å²) < 4.78 is 4.67. The standard InChI is InChI=1S/C20H22N2O5/c1-10(23)12-9-22(26)7-6-20-13-4-3-5-14(24)17(13)21-18(20)16(19(25)27-2)11(12)8-15(20)22/h3-5,11-12,15,21,24H,6-9H2,1-2H3/t11-,12-,15-,20+,22?/m1/s1. The summed E-state index contributed by atoms with van der Waals surface area (Å²) >= 11 is 0. The van der Waals surface area contributed by atoms with E-state index in [-0.39, 0.29) is 30.0 Å². The monoisotopic (exact) mass is 370 g/mol. The van der Waals surface area contributed by atoms with E-state index < -0.39 is 21.9 Å². The van der Waals surface area contributed by atoms with Crippen LogP contribution in [0.25, 0.3) is 0 Å². The fourth-order valence-corrected chi connectivity index (χ4v) is 6.17. The van der Waals surface area contributed by atoms with Crippen molar-refractivity contribution in [2.75, 3.05) is 25.5 Å². The Balaban J connectivity index is 1.83. The summed E-state index contributed by atoms with van der Waals surface area (Å²) in [6.45, 7) is 2.10. The molecule has 4 aliphatic rings. The number of para-hydroxylation sites is 1. The number of aromatic hydroxyl groups is 1. The third-order valence-electron chi connectivity index (χ3n) is 7.28. The van der Waals surface area contributed by atoms with E-state index in [1.807, 2.05) is 6.07 Å². The van der Waals surface area contributed by atoms with Gasteiger partial charge in [0.05, 0.1) is 42.8 Å². The first-order valence-electron chi connectivity index (χ1n) is 9.34. The van der Waals surface area contributed by atoms with Gasteiger partial charge in [0.2, 0.25) is 0 Å². The lowest BCUT2D eigenvalue weighted by molar-refractivity contribution is -0.903. The molecule has 5 rings (SSSR count). The van der Waals surface area contributed by atoms with Gasteiger partial charge in [-0.1, -0.05) is 12.1 Å². The number of anilines is 1. The zero-order valence-corrected chi connectivity index (χ0v) is 15.3. The summed E-state index contributed by atoms with van der Waals surface area (Å²) in [5.41, 5.74) is 1.94. The highest BCUT2D eigenvalue weighted by atomic mass is 16.6. The Morgan fingerprint density at radius 3 is 2.89 bits per heavy atom. The Morgan fingerprint density at radius 2 is 2.19 bits per heavy atom. The van der Waals surface area contributed by atoms with Gasteiger partial charge < -0.3 is 25.0 Å². The van der Waals surface area contributed by atoms with Crippen LogP contribution in [0.4, 0.5) is 5.69 Å². The van der Waals surface area contributed by atoms with Crippen LogP contribution in [-0.2, 0) is 19.7 Å². The van der Waals surface area contributed by atoms with Crippen LogP contribution in [0.2, 0.25) is 0 Å².